The summed E-state index contributed by atoms with van der Waals surface area (Å²) in [4.78, 5) is 19.6. The molecule has 1 fully saturated rings. The Labute approximate surface area is 161 Å². The number of hydrogen-bond donors (Lipinski definition) is 2. The highest BCUT2D eigenvalue weighted by Crippen LogP contribution is 2.27. The Bertz CT molecular complexity index is 936. The number of nitrogens with zero attached hydrogens (tertiary/aromatic N) is 2. The van der Waals surface area contributed by atoms with Gasteiger partial charge in [-0.3, -0.25) is 0 Å². The number of rotatable bonds is 4. The van der Waals surface area contributed by atoms with Crippen LogP contribution in [0.5, 0.6) is 0 Å². The predicted molar refractivity (Wildman–Crippen MR) is 106 cm³/mol. The summed E-state index contributed by atoms with van der Waals surface area (Å²) < 4.78 is 26.9. The highest BCUT2D eigenvalue weighted by molar-refractivity contribution is 5.92. The number of piperazine rings is 1. The van der Waals surface area contributed by atoms with Crippen LogP contribution in [0.15, 0.2) is 60.8 Å². The minimum Gasteiger partial charge on any atom is -0.367 e. The Kier molecular flexibility index (Phi) is 5.14. The number of halogens is 2. The van der Waals surface area contributed by atoms with E-state index in [0.717, 1.165) is 16.6 Å². The number of H-pyrrole nitrogens is 1. The number of alkyl halides is 2. The first-order valence-corrected chi connectivity index (χ1v) is 9.33. The lowest BCUT2D eigenvalue weighted by atomic mass is 10.1. The largest absolute Gasteiger partial charge is 0.367 e. The highest BCUT2D eigenvalue weighted by atomic mass is 19.3. The molecule has 0 spiro atoms. The number of carbonyl (C=O) groups excluding carboxylic acids is 1. The molecule has 0 aliphatic carbocycles. The number of aromatic nitrogens is 1. The van der Waals surface area contributed by atoms with Gasteiger partial charge in [0.05, 0.1) is 0 Å². The van der Waals surface area contributed by atoms with Crippen molar-refractivity contribution < 1.29 is 13.6 Å². The van der Waals surface area contributed by atoms with E-state index < -0.39 is 18.5 Å². The summed E-state index contributed by atoms with van der Waals surface area (Å²) in [6.45, 7) is 2.28. The minimum absolute atomic E-state index is 0.406. The molecule has 1 aliphatic heterocycles. The number of hydrogen-bond acceptors (Lipinski definition) is 2. The van der Waals surface area contributed by atoms with E-state index >= 15 is 0 Å². The smallest absolute Gasteiger partial charge is 0.318 e. The number of carbonyl (C=O) groups is 1. The Morgan fingerprint density at radius 2 is 1.71 bits per heavy atom. The monoisotopic (exact) mass is 384 g/mol. The maximum Gasteiger partial charge on any atom is 0.318 e. The second kappa shape index (κ2) is 7.88. The zero-order valence-corrected chi connectivity index (χ0v) is 15.3. The van der Waals surface area contributed by atoms with Crippen LogP contribution < -0.4 is 10.2 Å². The molecule has 4 rings (SSSR count). The van der Waals surface area contributed by atoms with E-state index in [-0.39, 0.29) is 0 Å². The molecular weight excluding hydrogens is 362 g/mol. The average molecular weight is 384 g/mol. The van der Waals surface area contributed by atoms with E-state index in [2.05, 4.69) is 21.3 Å². The van der Waals surface area contributed by atoms with Gasteiger partial charge in [-0.25, -0.2) is 13.6 Å². The van der Waals surface area contributed by atoms with Gasteiger partial charge in [-0.15, -0.1) is 0 Å². The van der Waals surface area contributed by atoms with Crippen LogP contribution >= 0.6 is 0 Å². The van der Waals surface area contributed by atoms with Crippen LogP contribution in [0.1, 0.15) is 11.6 Å². The molecule has 2 heterocycles. The summed E-state index contributed by atoms with van der Waals surface area (Å²) in [7, 11) is 0. The molecule has 2 N–H and O–H groups in total. The van der Waals surface area contributed by atoms with E-state index in [4.69, 9.17) is 0 Å². The number of urea groups is 1. The van der Waals surface area contributed by atoms with Gasteiger partial charge < -0.3 is 20.1 Å². The molecular formula is C21H22F2N4O. The van der Waals surface area contributed by atoms with Gasteiger partial charge in [0.15, 0.2) is 0 Å². The van der Waals surface area contributed by atoms with Gasteiger partial charge in [0.1, 0.15) is 6.04 Å². The second-order valence-corrected chi connectivity index (χ2v) is 6.86. The molecule has 3 aromatic rings. The lowest BCUT2D eigenvalue weighted by Crippen LogP contribution is -2.53. The molecule has 146 valence electrons. The van der Waals surface area contributed by atoms with E-state index in [0.29, 0.717) is 31.7 Å². The summed E-state index contributed by atoms with van der Waals surface area (Å²) in [5, 5.41) is 3.64. The van der Waals surface area contributed by atoms with Crippen molar-refractivity contribution in [1.82, 2.24) is 15.2 Å². The Morgan fingerprint density at radius 1 is 0.964 bits per heavy atom. The van der Waals surface area contributed by atoms with Crippen LogP contribution in [0, 0.1) is 0 Å². The molecule has 1 aromatic heterocycles. The summed E-state index contributed by atoms with van der Waals surface area (Å²) in [5.74, 6) is 0. The number of nitrogens with one attached hydrogen (secondary N) is 2. The normalized spacial score (nSPS) is 15.8. The molecule has 1 atom stereocenters. The van der Waals surface area contributed by atoms with Crippen molar-refractivity contribution >= 4 is 22.6 Å². The quantitative estimate of drug-likeness (QED) is 0.714. The lowest BCUT2D eigenvalue weighted by Gasteiger charge is -2.37. The molecule has 0 bridgehead atoms. The number of fused-ring (bicyclic) bond motifs is 1. The van der Waals surface area contributed by atoms with Crippen molar-refractivity contribution in [2.24, 2.45) is 0 Å². The third kappa shape index (κ3) is 3.65. The SMILES string of the molecule is O=C(NC(c1ccccc1)C(F)F)N1CCN(c2cccc3[nH]ccc23)CC1. The summed E-state index contributed by atoms with van der Waals surface area (Å²) in [6, 6.07) is 14.7. The van der Waals surface area contributed by atoms with Gasteiger partial charge in [0.2, 0.25) is 0 Å². The van der Waals surface area contributed by atoms with Crippen LogP contribution in [0.25, 0.3) is 10.9 Å². The van der Waals surface area contributed by atoms with E-state index in [1.807, 2.05) is 24.4 Å². The van der Waals surface area contributed by atoms with Crippen LogP contribution in [0.4, 0.5) is 19.3 Å². The van der Waals surface area contributed by atoms with Crippen LogP contribution in [-0.4, -0.2) is 48.5 Å². The molecule has 2 aromatic carbocycles. The second-order valence-electron chi connectivity index (χ2n) is 6.86. The average Bonchev–Trinajstić information content (AvgIpc) is 3.21. The summed E-state index contributed by atoms with van der Waals surface area (Å²) >= 11 is 0. The first-order valence-electron chi connectivity index (χ1n) is 9.33. The van der Waals surface area contributed by atoms with Gasteiger partial charge in [-0.2, -0.15) is 0 Å². The molecule has 28 heavy (non-hydrogen) atoms. The van der Waals surface area contributed by atoms with Crippen molar-refractivity contribution in [2.75, 3.05) is 31.1 Å². The molecule has 0 radical (unpaired) electrons. The number of anilines is 1. The number of amides is 2. The lowest BCUT2D eigenvalue weighted by molar-refractivity contribution is 0.0959. The number of benzene rings is 2. The third-order valence-electron chi connectivity index (χ3n) is 5.17. The fraction of sp³-hybridized carbons (Fsp3) is 0.286. The van der Waals surface area contributed by atoms with Gasteiger partial charge >= 0.3 is 6.03 Å². The zero-order chi connectivity index (χ0) is 19.5. The van der Waals surface area contributed by atoms with Gasteiger partial charge in [-0.1, -0.05) is 36.4 Å². The zero-order valence-electron chi connectivity index (χ0n) is 15.3. The fourth-order valence-electron chi connectivity index (χ4n) is 3.67. The maximum absolute atomic E-state index is 13.5. The van der Waals surface area contributed by atoms with Crippen LogP contribution in [0.2, 0.25) is 0 Å². The van der Waals surface area contributed by atoms with Crippen molar-refractivity contribution in [3.05, 3.63) is 66.4 Å². The summed E-state index contributed by atoms with van der Waals surface area (Å²) in [5.41, 5.74) is 2.59. The maximum atomic E-state index is 13.5. The molecule has 2 amide bonds. The Balaban J connectivity index is 1.40. The first-order chi connectivity index (χ1) is 13.6. The molecule has 1 unspecified atom stereocenters. The van der Waals surface area contributed by atoms with Crippen molar-refractivity contribution in [3.63, 3.8) is 0 Å². The molecule has 0 saturated carbocycles. The highest BCUT2D eigenvalue weighted by Gasteiger charge is 2.28. The van der Waals surface area contributed by atoms with Gasteiger partial charge in [0.25, 0.3) is 6.43 Å². The number of aromatic amines is 1. The van der Waals surface area contributed by atoms with Gasteiger partial charge in [-0.05, 0) is 23.8 Å². The van der Waals surface area contributed by atoms with Crippen LogP contribution in [0.3, 0.4) is 0 Å². The predicted octanol–water partition coefficient (Wildman–Crippen LogP) is 4.01. The van der Waals surface area contributed by atoms with Crippen molar-refractivity contribution in [1.29, 1.82) is 0 Å². The first kappa shape index (κ1) is 18.3. The summed E-state index contributed by atoms with van der Waals surface area (Å²) in [6.07, 6.45) is -0.759. The fourth-order valence-corrected chi connectivity index (χ4v) is 3.67. The van der Waals surface area contributed by atoms with Crippen LogP contribution in [-0.2, 0) is 0 Å². The Hall–Kier alpha value is -3.09. The Morgan fingerprint density at radius 3 is 2.43 bits per heavy atom. The molecule has 7 heteroatoms. The van der Waals surface area contributed by atoms with E-state index in [9.17, 15) is 13.6 Å². The van der Waals surface area contributed by atoms with E-state index in [1.165, 1.54) is 0 Å². The minimum atomic E-state index is -2.67. The van der Waals surface area contributed by atoms with Crippen molar-refractivity contribution in [2.45, 2.75) is 12.5 Å². The van der Waals surface area contributed by atoms with Crippen molar-refractivity contribution in [3.8, 4) is 0 Å². The topological polar surface area (TPSA) is 51.4 Å². The van der Waals surface area contributed by atoms with Gasteiger partial charge in [0, 0.05) is 49.0 Å². The van der Waals surface area contributed by atoms with E-state index in [1.54, 1.807) is 35.2 Å². The molecule has 5 nitrogen and oxygen atoms in total. The molecule has 1 aliphatic rings. The standard InChI is InChI=1S/C21H22F2N4O/c22-20(23)19(15-5-2-1-3-6-15)25-21(28)27-13-11-26(12-14-27)18-8-4-7-17-16(18)9-10-24-17/h1-10,19-20,24H,11-14H2,(H,25,28). The third-order valence-corrected chi connectivity index (χ3v) is 5.17. The molecule has 1 saturated heterocycles.